The van der Waals surface area contributed by atoms with Crippen LogP contribution in [0.1, 0.15) is 25.0 Å². The van der Waals surface area contributed by atoms with Gasteiger partial charge in [0.25, 0.3) is 0 Å². The van der Waals surface area contributed by atoms with Gasteiger partial charge in [-0.2, -0.15) is 4.72 Å². The summed E-state index contributed by atoms with van der Waals surface area (Å²) in [5, 5.41) is 2.83. The molecule has 0 unspecified atom stereocenters. The van der Waals surface area contributed by atoms with Gasteiger partial charge in [0.15, 0.2) is 11.5 Å². The number of sulfonamides is 1. The smallest absolute Gasteiger partial charge is 0.242 e. The molecular formula is C20H26N2O5S. The van der Waals surface area contributed by atoms with Crippen molar-refractivity contribution in [2.45, 2.75) is 38.1 Å². The topological polar surface area (TPSA) is 93.7 Å². The maximum Gasteiger partial charge on any atom is 0.242 e. The van der Waals surface area contributed by atoms with E-state index in [4.69, 9.17) is 9.47 Å². The predicted octanol–water partition coefficient (Wildman–Crippen LogP) is 2.88. The van der Waals surface area contributed by atoms with Gasteiger partial charge in [0, 0.05) is 11.8 Å². The summed E-state index contributed by atoms with van der Waals surface area (Å²) in [6, 6.07) is 9.02. The molecule has 0 aliphatic heterocycles. The first-order chi connectivity index (χ1) is 13.2. The molecule has 0 fully saturated rings. The summed E-state index contributed by atoms with van der Waals surface area (Å²) >= 11 is 0. The van der Waals surface area contributed by atoms with Crippen molar-refractivity contribution in [1.82, 2.24) is 4.72 Å². The van der Waals surface area contributed by atoms with Gasteiger partial charge in [-0.05, 0) is 43.5 Å². The van der Waals surface area contributed by atoms with Gasteiger partial charge in [-0.15, -0.1) is 0 Å². The third kappa shape index (κ3) is 4.82. The quantitative estimate of drug-likeness (QED) is 0.703. The Bertz CT molecular complexity index is 957. The van der Waals surface area contributed by atoms with Gasteiger partial charge in [-0.25, -0.2) is 8.42 Å². The molecule has 2 N–H and O–H groups in total. The van der Waals surface area contributed by atoms with Crippen molar-refractivity contribution < 1.29 is 22.7 Å². The van der Waals surface area contributed by atoms with Crippen molar-refractivity contribution >= 4 is 21.6 Å². The van der Waals surface area contributed by atoms with Crippen molar-refractivity contribution in [2.24, 2.45) is 0 Å². The van der Waals surface area contributed by atoms with Gasteiger partial charge in [-0.3, -0.25) is 4.79 Å². The van der Waals surface area contributed by atoms with E-state index >= 15 is 0 Å². The number of rotatable bonds is 8. The van der Waals surface area contributed by atoms with Crippen LogP contribution in [0.3, 0.4) is 0 Å². The van der Waals surface area contributed by atoms with E-state index in [0.29, 0.717) is 11.4 Å². The molecule has 0 bridgehead atoms. The molecule has 2 aromatic rings. The summed E-state index contributed by atoms with van der Waals surface area (Å²) in [6.45, 7) is 5.39. The van der Waals surface area contributed by atoms with Crippen LogP contribution in [0.25, 0.3) is 0 Å². The van der Waals surface area contributed by atoms with Crippen LogP contribution in [-0.4, -0.2) is 34.6 Å². The highest BCUT2D eigenvalue weighted by Gasteiger charge is 2.24. The number of ether oxygens (including phenoxy) is 2. The molecule has 2 aromatic carbocycles. The van der Waals surface area contributed by atoms with E-state index in [1.807, 2.05) is 32.0 Å². The van der Waals surface area contributed by atoms with Gasteiger partial charge >= 0.3 is 0 Å². The number of anilines is 1. The number of carbonyl (C=O) groups excluding carboxylic acids is 1. The highest BCUT2D eigenvalue weighted by atomic mass is 32.2. The van der Waals surface area contributed by atoms with Crippen LogP contribution < -0.4 is 19.5 Å². The van der Waals surface area contributed by atoms with Gasteiger partial charge in [0.05, 0.1) is 25.2 Å². The van der Waals surface area contributed by atoms with E-state index in [2.05, 4.69) is 10.0 Å². The number of amides is 1. The third-order valence-electron chi connectivity index (χ3n) is 4.38. The highest BCUT2D eigenvalue weighted by molar-refractivity contribution is 7.89. The summed E-state index contributed by atoms with van der Waals surface area (Å²) in [7, 11) is -1.04. The van der Waals surface area contributed by atoms with E-state index in [0.717, 1.165) is 17.5 Å². The van der Waals surface area contributed by atoms with Crippen molar-refractivity contribution in [1.29, 1.82) is 0 Å². The molecule has 0 aliphatic carbocycles. The third-order valence-corrected chi connectivity index (χ3v) is 5.92. The highest BCUT2D eigenvalue weighted by Crippen LogP contribution is 2.29. The zero-order valence-electron chi connectivity index (χ0n) is 16.7. The summed E-state index contributed by atoms with van der Waals surface area (Å²) in [5.41, 5.74) is 2.62. The van der Waals surface area contributed by atoms with Crippen LogP contribution in [0.15, 0.2) is 41.3 Å². The minimum absolute atomic E-state index is 0.0186. The Labute approximate surface area is 166 Å². The molecule has 7 nitrogen and oxygen atoms in total. The molecule has 1 atom stereocenters. The summed E-state index contributed by atoms with van der Waals surface area (Å²) < 4.78 is 38.0. The number of methoxy groups -OCH3 is 2. The second kappa shape index (κ2) is 9.07. The number of nitrogens with one attached hydrogen (secondary N) is 2. The average molecular weight is 407 g/mol. The fourth-order valence-corrected chi connectivity index (χ4v) is 3.99. The minimum Gasteiger partial charge on any atom is -0.493 e. The summed E-state index contributed by atoms with van der Waals surface area (Å²) in [4.78, 5) is 12.6. The largest absolute Gasteiger partial charge is 0.493 e. The lowest BCUT2D eigenvalue weighted by molar-refractivity contribution is -0.117. The molecule has 8 heteroatoms. The fraction of sp³-hybridized carbons (Fsp3) is 0.350. The van der Waals surface area contributed by atoms with Crippen LogP contribution in [0.2, 0.25) is 0 Å². The summed E-state index contributed by atoms with van der Waals surface area (Å²) in [6.07, 6.45) is 0.753. The maximum atomic E-state index is 12.7. The normalized spacial score (nSPS) is 12.3. The lowest BCUT2D eigenvalue weighted by Gasteiger charge is -2.18. The number of hydrogen-bond acceptors (Lipinski definition) is 5. The number of para-hydroxylation sites is 1. The van der Waals surface area contributed by atoms with Crippen LogP contribution in [0, 0.1) is 6.92 Å². The Hall–Kier alpha value is -2.58. The van der Waals surface area contributed by atoms with Crippen molar-refractivity contribution in [2.75, 3.05) is 19.5 Å². The lowest BCUT2D eigenvalue weighted by atomic mass is 10.1. The van der Waals surface area contributed by atoms with Gasteiger partial charge in [0.2, 0.25) is 15.9 Å². The molecule has 0 aliphatic rings. The summed E-state index contributed by atoms with van der Waals surface area (Å²) in [5.74, 6) is 0.266. The second-order valence-corrected chi connectivity index (χ2v) is 8.03. The molecule has 28 heavy (non-hydrogen) atoms. The van der Waals surface area contributed by atoms with E-state index in [1.54, 1.807) is 0 Å². The standard InChI is InChI=1S/C20H26N2O5S/c1-6-15-9-7-8-13(2)19(15)21-20(23)14(3)22-28(24,25)16-10-11-17(26-4)18(12-16)27-5/h7-12,14,22H,6H2,1-5H3,(H,21,23)/t14-/m1/s1. The molecule has 0 radical (unpaired) electrons. The molecular weight excluding hydrogens is 380 g/mol. The van der Waals surface area contributed by atoms with E-state index in [-0.39, 0.29) is 10.6 Å². The van der Waals surface area contributed by atoms with Crippen molar-refractivity contribution in [3.05, 3.63) is 47.5 Å². The number of aryl methyl sites for hydroxylation is 2. The Morgan fingerprint density at radius 3 is 2.39 bits per heavy atom. The molecule has 1 amide bonds. The first-order valence-electron chi connectivity index (χ1n) is 8.87. The average Bonchev–Trinajstić information content (AvgIpc) is 2.68. The first-order valence-corrected chi connectivity index (χ1v) is 10.4. The molecule has 0 aromatic heterocycles. The maximum absolute atomic E-state index is 12.7. The Kier molecular flexibility index (Phi) is 7.04. The van der Waals surface area contributed by atoms with Crippen LogP contribution >= 0.6 is 0 Å². The molecule has 2 rings (SSSR count). The molecule has 0 saturated carbocycles. The Morgan fingerprint density at radius 2 is 1.79 bits per heavy atom. The Morgan fingerprint density at radius 1 is 1.11 bits per heavy atom. The number of benzene rings is 2. The lowest BCUT2D eigenvalue weighted by Crippen LogP contribution is -2.41. The minimum atomic E-state index is -3.93. The molecule has 152 valence electrons. The van der Waals surface area contributed by atoms with Gasteiger partial charge in [-0.1, -0.05) is 25.1 Å². The van der Waals surface area contributed by atoms with Gasteiger partial charge in [0.1, 0.15) is 0 Å². The zero-order valence-corrected chi connectivity index (χ0v) is 17.5. The Balaban J connectivity index is 2.19. The van der Waals surface area contributed by atoms with E-state index in [9.17, 15) is 13.2 Å². The van der Waals surface area contributed by atoms with Crippen LogP contribution in [-0.2, 0) is 21.2 Å². The fourth-order valence-electron chi connectivity index (χ4n) is 2.77. The van der Waals surface area contributed by atoms with E-state index in [1.165, 1.54) is 39.3 Å². The van der Waals surface area contributed by atoms with Gasteiger partial charge < -0.3 is 14.8 Å². The predicted molar refractivity (Wildman–Crippen MR) is 109 cm³/mol. The molecule has 0 saturated heterocycles. The second-order valence-electron chi connectivity index (χ2n) is 6.31. The molecule has 0 heterocycles. The first kappa shape index (κ1) is 21.7. The van der Waals surface area contributed by atoms with Crippen LogP contribution in [0.4, 0.5) is 5.69 Å². The zero-order chi connectivity index (χ0) is 20.9. The molecule has 0 spiro atoms. The van der Waals surface area contributed by atoms with Crippen LogP contribution in [0.5, 0.6) is 11.5 Å². The monoisotopic (exact) mass is 406 g/mol. The SMILES string of the molecule is CCc1cccc(C)c1NC(=O)[C@@H](C)NS(=O)(=O)c1ccc(OC)c(OC)c1. The van der Waals surface area contributed by atoms with Crippen molar-refractivity contribution in [3.8, 4) is 11.5 Å². The number of carbonyl (C=O) groups is 1. The van der Waals surface area contributed by atoms with Crippen molar-refractivity contribution in [3.63, 3.8) is 0 Å². The number of hydrogen-bond donors (Lipinski definition) is 2. The van der Waals surface area contributed by atoms with E-state index < -0.39 is 22.0 Å².